The van der Waals surface area contributed by atoms with Crippen molar-refractivity contribution in [3.63, 3.8) is 0 Å². The van der Waals surface area contributed by atoms with Crippen LogP contribution < -0.4 is 18.9 Å². The summed E-state index contributed by atoms with van der Waals surface area (Å²) < 4.78 is 25.5. The number of hydrogen-bond donors (Lipinski definition) is 0. The van der Waals surface area contributed by atoms with Gasteiger partial charge in [-0.25, -0.2) is 9.59 Å². The van der Waals surface area contributed by atoms with E-state index in [0.717, 1.165) is 92.0 Å². The number of ketones is 2. The van der Waals surface area contributed by atoms with Crippen LogP contribution in [0.15, 0.2) is 97.1 Å². The predicted octanol–water partition coefficient (Wildman–Crippen LogP) is 16.0. The third kappa shape index (κ3) is 12.7. The summed E-state index contributed by atoms with van der Waals surface area (Å²) in [6.45, 7) is 32.3. The fourth-order valence-corrected chi connectivity index (χ4v) is 10.3. The Kier molecular flexibility index (Phi) is 18.0. The minimum Gasteiger partial charge on any atom is -0.487 e. The summed E-state index contributed by atoms with van der Waals surface area (Å²) in [5.41, 5.74) is 12.7. The highest BCUT2D eigenvalue weighted by molar-refractivity contribution is 6.01. The van der Waals surface area contributed by atoms with Crippen LogP contribution in [-0.2, 0) is 12.8 Å². The Morgan fingerprint density at radius 1 is 0.419 bits per heavy atom. The Hall–Kier alpha value is -6.80. The Labute approximate surface area is 441 Å². The van der Waals surface area contributed by atoms with Gasteiger partial charge in [-0.2, -0.15) is 0 Å². The molecule has 0 aromatic heterocycles. The summed E-state index contributed by atoms with van der Waals surface area (Å²) in [5.74, 6) is 0.978. The summed E-state index contributed by atoms with van der Waals surface area (Å²) in [7, 11) is 0. The van der Waals surface area contributed by atoms with Crippen molar-refractivity contribution in [2.75, 3.05) is 0 Å². The smallest absolute Gasteiger partial charge is 0.343 e. The molecule has 0 spiro atoms. The van der Waals surface area contributed by atoms with Crippen molar-refractivity contribution in [3.05, 3.63) is 186 Å². The second-order valence-corrected chi connectivity index (χ2v) is 21.3. The predicted molar refractivity (Wildman–Crippen MR) is 298 cm³/mol. The quantitative estimate of drug-likeness (QED) is 0.0399. The van der Waals surface area contributed by atoms with Crippen LogP contribution in [0.1, 0.15) is 189 Å². The van der Waals surface area contributed by atoms with Crippen LogP contribution in [0.25, 0.3) is 0 Å². The van der Waals surface area contributed by atoms with Gasteiger partial charge in [-0.1, -0.05) is 121 Å². The Morgan fingerprint density at radius 2 is 0.770 bits per heavy atom. The minimum absolute atomic E-state index is 0.0262. The molecule has 0 aliphatic heterocycles. The van der Waals surface area contributed by atoms with Crippen LogP contribution in [-0.4, -0.2) is 34.7 Å². The van der Waals surface area contributed by atoms with E-state index in [1.54, 1.807) is 48.5 Å². The standard InChI is InChI=1S/C66H78O8/c1-17-65(16,18-2)73-61-44(11)32-51(33-45(61)12)36-50-30-42(9)60(43(10)31-50)72-64(70)56-23-21-22-55(38-56)58(68)48(15)66(19-3,20-4)74-62-46(13)34-52(35-47(62)14)37-49-28-40(7)59(41(8)29-49)71-63(69)54-26-24-53(25-27-54)57(67)39(5)6/h21-35,38-39,48H,17-20,36-37H2,1-16H3. The molecule has 0 amide bonds. The maximum atomic E-state index is 14.5. The van der Waals surface area contributed by atoms with E-state index in [2.05, 4.69) is 84.9 Å². The zero-order valence-corrected chi connectivity index (χ0v) is 46.9. The number of rotatable bonds is 21. The first-order valence-electron chi connectivity index (χ1n) is 26.5. The van der Waals surface area contributed by atoms with Gasteiger partial charge in [0.15, 0.2) is 11.6 Å². The number of ether oxygens (including phenoxy) is 4. The van der Waals surface area contributed by atoms with E-state index in [-0.39, 0.29) is 23.1 Å². The van der Waals surface area contributed by atoms with Crippen LogP contribution in [0, 0.1) is 67.2 Å². The SMILES string of the molecule is CCC(C)(CC)Oc1c(C)cc(Cc2cc(C)c(OC(=O)c3cccc(C(=O)C(C)C(CC)(CC)Oc4c(C)cc(Cc5cc(C)c(OC(=O)c6ccc(C(=O)C(C)C)cc6)c(C)c5)cc4C)c3)c(C)c2)cc1C. The van der Waals surface area contributed by atoms with Crippen LogP contribution in [0.2, 0.25) is 0 Å². The second-order valence-electron chi connectivity index (χ2n) is 21.3. The fourth-order valence-electron chi connectivity index (χ4n) is 10.3. The lowest BCUT2D eigenvalue weighted by molar-refractivity contribution is 0.00988. The minimum atomic E-state index is -0.825. The maximum absolute atomic E-state index is 14.5. The van der Waals surface area contributed by atoms with Crippen molar-refractivity contribution >= 4 is 23.5 Å². The maximum Gasteiger partial charge on any atom is 0.343 e. The molecule has 0 aliphatic rings. The highest BCUT2D eigenvalue weighted by Crippen LogP contribution is 2.39. The van der Waals surface area contributed by atoms with Gasteiger partial charge in [-0.15, -0.1) is 0 Å². The molecule has 0 fully saturated rings. The molecule has 8 heteroatoms. The zero-order chi connectivity index (χ0) is 54.4. The van der Waals surface area contributed by atoms with E-state index in [1.807, 2.05) is 74.4 Å². The summed E-state index contributed by atoms with van der Waals surface area (Å²) >= 11 is 0. The molecule has 74 heavy (non-hydrogen) atoms. The molecular formula is C66H78O8. The number of hydrogen-bond acceptors (Lipinski definition) is 8. The molecule has 0 saturated carbocycles. The number of aryl methyl sites for hydroxylation is 8. The van der Waals surface area contributed by atoms with E-state index in [0.29, 0.717) is 53.0 Å². The number of esters is 2. The van der Waals surface area contributed by atoms with Gasteiger partial charge in [-0.05, 0) is 192 Å². The van der Waals surface area contributed by atoms with E-state index in [1.165, 1.54) is 5.56 Å². The first-order valence-corrected chi connectivity index (χ1v) is 26.5. The summed E-state index contributed by atoms with van der Waals surface area (Å²) in [6.07, 6.45) is 4.41. The third-order valence-electron chi connectivity index (χ3n) is 15.1. The number of carbonyl (C=O) groups is 4. The summed E-state index contributed by atoms with van der Waals surface area (Å²) in [5, 5.41) is 0. The average Bonchev–Trinajstić information content (AvgIpc) is 3.36. The first-order chi connectivity index (χ1) is 34.9. The normalized spacial score (nSPS) is 12.1. The molecule has 0 N–H and O–H groups in total. The van der Waals surface area contributed by atoms with Gasteiger partial charge < -0.3 is 18.9 Å². The Morgan fingerprint density at radius 3 is 1.15 bits per heavy atom. The molecule has 0 heterocycles. The zero-order valence-electron chi connectivity index (χ0n) is 46.9. The van der Waals surface area contributed by atoms with Gasteiger partial charge in [0.05, 0.1) is 17.0 Å². The molecule has 1 unspecified atom stereocenters. The van der Waals surface area contributed by atoms with Crippen molar-refractivity contribution in [2.45, 2.75) is 161 Å². The van der Waals surface area contributed by atoms with Gasteiger partial charge in [0.25, 0.3) is 0 Å². The number of benzene rings is 6. The highest BCUT2D eigenvalue weighted by atomic mass is 16.5. The summed E-state index contributed by atoms with van der Waals surface area (Å²) in [6, 6.07) is 30.4. The van der Waals surface area contributed by atoms with Gasteiger partial charge in [0.2, 0.25) is 0 Å². The highest BCUT2D eigenvalue weighted by Gasteiger charge is 2.41. The molecule has 0 saturated heterocycles. The third-order valence-corrected chi connectivity index (χ3v) is 15.1. The summed E-state index contributed by atoms with van der Waals surface area (Å²) in [4.78, 5) is 53.9. The lowest BCUT2D eigenvalue weighted by Gasteiger charge is -2.38. The van der Waals surface area contributed by atoms with Gasteiger partial charge in [0, 0.05) is 17.0 Å². The van der Waals surface area contributed by atoms with Crippen molar-refractivity contribution < 1.29 is 38.1 Å². The molecule has 1 atom stereocenters. The molecule has 0 aliphatic carbocycles. The van der Waals surface area contributed by atoms with Crippen LogP contribution in [0.4, 0.5) is 0 Å². The monoisotopic (exact) mass is 999 g/mol. The second kappa shape index (κ2) is 23.6. The van der Waals surface area contributed by atoms with Crippen LogP contribution in [0.3, 0.4) is 0 Å². The van der Waals surface area contributed by atoms with Crippen molar-refractivity contribution in [2.24, 2.45) is 11.8 Å². The molecule has 0 bridgehead atoms. The largest absolute Gasteiger partial charge is 0.487 e. The lowest BCUT2D eigenvalue weighted by Crippen LogP contribution is -2.45. The van der Waals surface area contributed by atoms with Gasteiger partial charge in [-0.3, -0.25) is 9.59 Å². The van der Waals surface area contributed by atoms with Crippen LogP contribution >= 0.6 is 0 Å². The molecule has 0 radical (unpaired) electrons. The van der Waals surface area contributed by atoms with E-state index in [4.69, 9.17) is 18.9 Å². The topological polar surface area (TPSA) is 105 Å². The van der Waals surface area contributed by atoms with E-state index in [9.17, 15) is 19.2 Å². The average molecular weight is 999 g/mol. The van der Waals surface area contributed by atoms with Gasteiger partial charge >= 0.3 is 11.9 Å². The Bertz CT molecular complexity index is 2960. The molecule has 6 aromatic rings. The lowest BCUT2D eigenvalue weighted by atomic mass is 9.79. The fraction of sp³-hybridized carbons (Fsp3) is 0.394. The van der Waals surface area contributed by atoms with Crippen molar-refractivity contribution in [1.82, 2.24) is 0 Å². The molecule has 6 aromatic carbocycles. The van der Waals surface area contributed by atoms with Crippen molar-refractivity contribution in [1.29, 1.82) is 0 Å². The van der Waals surface area contributed by atoms with E-state index >= 15 is 0 Å². The van der Waals surface area contributed by atoms with Crippen molar-refractivity contribution in [3.8, 4) is 23.0 Å². The van der Waals surface area contributed by atoms with E-state index < -0.39 is 23.5 Å². The van der Waals surface area contributed by atoms with Gasteiger partial charge in [0.1, 0.15) is 34.2 Å². The molecule has 390 valence electrons. The Balaban J connectivity index is 1.12. The molecule has 8 nitrogen and oxygen atoms in total. The number of Topliss-reactive ketones (excluding diaryl/α,β-unsaturated/α-hetero) is 2. The molecular weight excluding hydrogens is 921 g/mol. The number of carbonyl (C=O) groups excluding carboxylic acids is 4. The first kappa shape index (κ1) is 56.5. The van der Waals surface area contributed by atoms with Crippen LogP contribution in [0.5, 0.6) is 23.0 Å². The molecule has 6 rings (SSSR count).